The van der Waals surface area contributed by atoms with Gasteiger partial charge in [-0.15, -0.1) is 0 Å². The van der Waals surface area contributed by atoms with Gasteiger partial charge in [-0.3, -0.25) is 0 Å². The lowest BCUT2D eigenvalue weighted by Crippen LogP contribution is -1.96. The van der Waals surface area contributed by atoms with Gasteiger partial charge in [-0.2, -0.15) is 0 Å². The maximum atomic E-state index is 12.3. The van der Waals surface area contributed by atoms with Crippen molar-refractivity contribution in [2.75, 3.05) is 31.3 Å². The Morgan fingerprint density at radius 2 is 0.757 bits per heavy atom. The van der Waals surface area contributed by atoms with Crippen molar-refractivity contribution in [3.63, 3.8) is 0 Å². The summed E-state index contributed by atoms with van der Waals surface area (Å²) in [4.78, 5) is 0.802. The van der Waals surface area contributed by atoms with E-state index in [1.165, 1.54) is 30.5 Å². The monoisotopic (exact) mass is 614 g/mol. The van der Waals surface area contributed by atoms with Gasteiger partial charge in [0.1, 0.15) is 15.7 Å². The van der Waals surface area contributed by atoms with E-state index in [2.05, 4.69) is 0 Å². The molecule has 0 aliphatic rings. The van der Waals surface area contributed by atoms with Crippen LogP contribution in [-0.2, 0) is 39.3 Å². The molecule has 0 amide bonds. The highest BCUT2D eigenvalue weighted by atomic mass is 35.5. The maximum Gasteiger partial charge on any atom is 0.175 e. The summed E-state index contributed by atoms with van der Waals surface area (Å²) in [6, 6.07) is 19.2. The van der Waals surface area contributed by atoms with Crippen molar-refractivity contribution in [3.8, 4) is 0 Å². The first-order chi connectivity index (χ1) is 16.6. The third-order valence-corrected chi connectivity index (χ3v) is 7.29. The zero-order chi connectivity index (χ0) is 29.1. The van der Waals surface area contributed by atoms with E-state index in [4.69, 9.17) is 11.6 Å². The van der Waals surface area contributed by atoms with Gasteiger partial charge in [0.15, 0.2) is 29.5 Å². The summed E-state index contributed by atoms with van der Waals surface area (Å²) >= 11 is 5.57. The molecule has 0 aliphatic heterocycles. The van der Waals surface area contributed by atoms with Crippen LogP contribution < -0.4 is 0 Å². The van der Waals surface area contributed by atoms with E-state index in [0.717, 1.165) is 37.2 Å². The molecular formula is C23H28ClFO8S4. The highest BCUT2D eigenvalue weighted by Crippen LogP contribution is 2.13. The van der Waals surface area contributed by atoms with Gasteiger partial charge < -0.3 is 0 Å². The number of rotatable bonds is 3. The summed E-state index contributed by atoms with van der Waals surface area (Å²) in [5, 5.41) is 0.539. The van der Waals surface area contributed by atoms with Gasteiger partial charge >= 0.3 is 0 Å². The summed E-state index contributed by atoms with van der Waals surface area (Å²) in [6.45, 7) is 0. The summed E-state index contributed by atoms with van der Waals surface area (Å²) < 4.78 is 96.7. The molecule has 206 valence electrons. The molecule has 0 unspecified atom stereocenters. The molecule has 0 saturated carbocycles. The van der Waals surface area contributed by atoms with Crippen molar-refractivity contribution in [2.24, 2.45) is 0 Å². The SMILES string of the molecule is CS(=O)(=O)c1ccc(Cl)cc1.CS(=O)(=O)c1ccc(F)cc1.CS(=O)(=O)c1ccccc1.CS(C)(=O)=O. The van der Waals surface area contributed by atoms with E-state index in [1.54, 1.807) is 42.5 Å². The third kappa shape index (κ3) is 17.7. The van der Waals surface area contributed by atoms with Crippen LogP contribution in [0.4, 0.5) is 4.39 Å². The molecule has 0 radical (unpaired) electrons. The predicted octanol–water partition coefficient (Wildman–Crippen LogP) is 3.72. The Labute approximate surface area is 223 Å². The molecule has 3 aromatic rings. The van der Waals surface area contributed by atoms with Crippen LogP contribution in [0.5, 0.6) is 0 Å². The summed E-state index contributed by atoms with van der Waals surface area (Å²) in [7, 11) is -11.9. The van der Waals surface area contributed by atoms with Gasteiger partial charge in [0.2, 0.25) is 0 Å². The van der Waals surface area contributed by atoms with Crippen LogP contribution in [0.3, 0.4) is 0 Å². The standard InChI is InChI=1S/C7H7ClO2S.C7H7FO2S.C7H8O2S.C2H6O2S/c2*1-11(9,10)7-4-2-6(8)3-5-7;1-10(8,9)7-5-3-2-4-6-7;1-5(2,3)4/h2*2-5H,1H3;2-6H,1H3;1-2H3. The molecule has 0 aromatic heterocycles. The fourth-order valence-electron chi connectivity index (χ4n) is 2.03. The van der Waals surface area contributed by atoms with Crippen molar-refractivity contribution in [1.82, 2.24) is 0 Å². The molecule has 0 atom stereocenters. The average Bonchev–Trinajstić information content (AvgIpc) is 2.73. The molecule has 37 heavy (non-hydrogen) atoms. The highest BCUT2D eigenvalue weighted by Gasteiger charge is 2.06. The number of hydrogen-bond acceptors (Lipinski definition) is 8. The van der Waals surface area contributed by atoms with Crippen molar-refractivity contribution >= 4 is 50.9 Å². The molecule has 0 N–H and O–H groups in total. The molecule has 0 heterocycles. The molecule has 0 saturated heterocycles. The predicted molar refractivity (Wildman–Crippen MR) is 144 cm³/mol. The first-order valence-electron chi connectivity index (χ1n) is 9.92. The van der Waals surface area contributed by atoms with Gasteiger partial charge in [-0.1, -0.05) is 29.8 Å². The van der Waals surface area contributed by atoms with Gasteiger partial charge in [0.05, 0.1) is 14.7 Å². The molecule has 8 nitrogen and oxygen atoms in total. The van der Waals surface area contributed by atoms with Gasteiger partial charge in [-0.25, -0.2) is 38.1 Å². The second-order valence-corrected chi connectivity index (χ2v) is 16.4. The van der Waals surface area contributed by atoms with Gasteiger partial charge in [0, 0.05) is 36.3 Å². The second kappa shape index (κ2) is 14.6. The first-order valence-corrected chi connectivity index (χ1v) is 18.3. The number of benzene rings is 3. The third-order valence-electron chi connectivity index (χ3n) is 3.65. The normalized spacial score (nSPS) is 11.4. The smallest absolute Gasteiger partial charge is 0.175 e. The van der Waals surface area contributed by atoms with E-state index in [0.29, 0.717) is 14.8 Å². The van der Waals surface area contributed by atoms with Crippen LogP contribution in [0.25, 0.3) is 0 Å². The molecular weight excluding hydrogens is 587 g/mol. The van der Waals surface area contributed by atoms with Crippen LogP contribution in [-0.4, -0.2) is 65.0 Å². The Morgan fingerprint density at radius 3 is 1.03 bits per heavy atom. The summed E-state index contributed by atoms with van der Waals surface area (Å²) in [6.07, 6.45) is 5.76. The Kier molecular flexibility index (Phi) is 13.7. The Balaban J connectivity index is 0.000000483. The van der Waals surface area contributed by atoms with Crippen molar-refractivity contribution in [1.29, 1.82) is 0 Å². The Hall–Kier alpha value is -2.32. The van der Waals surface area contributed by atoms with Crippen molar-refractivity contribution < 1.29 is 38.1 Å². The quantitative estimate of drug-likeness (QED) is 0.407. The molecule has 0 bridgehead atoms. The van der Waals surface area contributed by atoms with Crippen LogP contribution in [0, 0.1) is 5.82 Å². The minimum Gasteiger partial charge on any atom is -0.229 e. The fourth-order valence-corrected chi connectivity index (χ4v) is 4.07. The lowest BCUT2D eigenvalue weighted by Gasteiger charge is -1.95. The minimum absolute atomic E-state index is 0.138. The van der Waals surface area contributed by atoms with E-state index in [9.17, 15) is 38.1 Å². The van der Waals surface area contributed by atoms with E-state index in [1.807, 2.05) is 0 Å². The zero-order valence-corrected chi connectivity index (χ0v) is 24.7. The Morgan fingerprint density at radius 1 is 0.486 bits per heavy atom. The molecule has 3 rings (SSSR count). The summed E-state index contributed by atoms with van der Waals surface area (Å²) in [5.41, 5.74) is 0. The molecule has 14 heteroatoms. The number of sulfone groups is 4. The van der Waals surface area contributed by atoms with Crippen molar-refractivity contribution in [3.05, 3.63) is 89.7 Å². The molecule has 0 aliphatic carbocycles. The lowest BCUT2D eigenvalue weighted by molar-refractivity contribution is 0.598. The maximum absolute atomic E-state index is 12.3. The lowest BCUT2D eigenvalue weighted by atomic mass is 10.4. The van der Waals surface area contributed by atoms with Crippen LogP contribution in [0.2, 0.25) is 5.02 Å². The highest BCUT2D eigenvalue weighted by molar-refractivity contribution is 7.91. The van der Waals surface area contributed by atoms with Gasteiger partial charge in [0.25, 0.3) is 0 Å². The minimum atomic E-state index is -3.19. The number of hydrogen-bond donors (Lipinski definition) is 0. The van der Waals surface area contributed by atoms with Crippen LogP contribution in [0.15, 0.2) is 93.5 Å². The largest absolute Gasteiger partial charge is 0.229 e. The van der Waals surface area contributed by atoms with E-state index in [-0.39, 0.29) is 4.90 Å². The zero-order valence-electron chi connectivity index (χ0n) is 20.7. The van der Waals surface area contributed by atoms with E-state index < -0.39 is 45.2 Å². The topological polar surface area (TPSA) is 137 Å². The van der Waals surface area contributed by atoms with Crippen LogP contribution >= 0.6 is 11.6 Å². The Bertz CT molecular complexity index is 1470. The van der Waals surface area contributed by atoms with Gasteiger partial charge in [-0.05, 0) is 60.7 Å². The average molecular weight is 615 g/mol. The van der Waals surface area contributed by atoms with E-state index >= 15 is 0 Å². The molecule has 0 fully saturated rings. The fraction of sp³-hybridized carbons (Fsp3) is 0.217. The number of halogens is 2. The molecule has 3 aromatic carbocycles. The van der Waals surface area contributed by atoms with Crippen molar-refractivity contribution in [2.45, 2.75) is 14.7 Å². The first kappa shape index (κ1) is 34.7. The summed E-state index contributed by atoms with van der Waals surface area (Å²) in [5.74, 6) is -0.433. The second-order valence-electron chi connectivity index (χ2n) is 7.68. The molecule has 0 spiro atoms. The van der Waals surface area contributed by atoms with Crippen LogP contribution in [0.1, 0.15) is 0 Å².